The van der Waals surface area contributed by atoms with Crippen molar-refractivity contribution in [3.63, 3.8) is 0 Å². The summed E-state index contributed by atoms with van der Waals surface area (Å²) in [6.45, 7) is 7.49. The Balaban J connectivity index is 0.00000242. The molecule has 1 saturated heterocycles. The molecule has 8 heteroatoms. The first-order valence-electron chi connectivity index (χ1n) is 7.48. The highest BCUT2D eigenvalue weighted by Gasteiger charge is 2.27. The van der Waals surface area contributed by atoms with Gasteiger partial charge in [0.05, 0.1) is 11.9 Å². The molecule has 0 atom stereocenters. The van der Waals surface area contributed by atoms with Gasteiger partial charge in [0, 0.05) is 39.4 Å². The van der Waals surface area contributed by atoms with Crippen LogP contribution >= 0.6 is 24.0 Å². The van der Waals surface area contributed by atoms with Crippen LogP contribution in [0.1, 0.15) is 20.3 Å². The first-order valence-corrected chi connectivity index (χ1v) is 7.48. The molecule has 1 aliphatic rings. The number of rotatable bonds is 4. The third-order valence-electron chi connectivity index (χ3n) is 3.34. The molecule has 2 rings (SSSR count). The van der Waals surface area contributed by atoms with Crippen LogP contribution in [0, 0.1) is 0 Å². The molecule has 0 unspecified atom stereocenters. The van der Waals surface area contributed by atoms with Gasteiger partial charge in [-0.1, -0.05) is 6.92 Å². The molecule has 2 heterocycles. The molecule has 124 valence electrons. The van der Waals surface area contributed by atoms with E-state index < -0.39 is 0 Å². The molecule has 0 radical (unpaired) electrons. The summed E-state index contributed by atoms with van der Waals surface area (Å²) in [6, 6.07) is 0. The lowest BCUT2D eigenvalue weighted by Gasteiger charge is -2.35. The van der Waals surface area contributed by atoms with Gasteiger partial charge < -0.3 is 15.1 Å². The van der Waals surface area contributed by atoms with Crippen LogP contribution in [0.15, 0.2) is 17.4 Å². The van der Waals surface area contributed by atoms with Gasteiger partial charge in [-0.25, -0.2) is 0 Å². The molecule has 7 nitrogen and oxygen atoms in total. The van der Waals surface area contributed by atoms with Crippen LogP contribution in [0.3, 0.4) is 0 Å². The average molecular weight is 420 g/mol. The SMILES string of the molecule is CCCN=C(NCC)N1CCN(c2cnn(C)c2)C(=O)C1.I. The highest BCUT2D eigenvalue weighted by atomic mass is 127. The van der Waals surface area contributed by atoms with Crippen molar-refractivity contribution in [1.82, 2.24) is 20.0 Å². The molecule has 1 amide bonds. The topological polar surface area (TPSA) is 65.8 Å². The number of nitrogens with zero attached hydrogens (tertiary/aromatic N) is 5. The van der Waals surface area contributed by atoms with Gasteiger partial charge in [0.2, 0.25) is 5.91 Å². The fraction of sp³-hybridized carbons (Fsp3) is 0.643. The molecule has 0 spiro atoms. The number of carbonyl (C=O) groups excluding carboxylic acids is 1. The summed E-state index contributed by atoms with van der Waals surface area (Å²) in [6.07, 6.45) is 4.59. The number of hydrogen-bond acceptors (Lipinski definition) is 3. The first kappa shape index (κ1) is 18.7. The average Bonchev–Trinajstić information content (AvgIpc) is 2.89. The van der Waals surface area contributed by atoms with Crippen LogP contribution < -0.4 is 10.2 Å². The summed E-state index contributed by atoms with van der Waals surface area (Å²) in [5, 5.41) is 7.38. The van der Waals surface area contributed by atoms with Gasteiger partial charge in [-0.2, -0.15) is 5.10 Å². The maximum absolute atomic E-state index is 12.4. The van der Waals surface area contributed by atoms with Gasteiger partial charge in [0.1, 0.15) is 6.54 Å². The summed E-state index contributed by atoms with van der Waals surface area (Å²) in [7, 11) is 1.85. The van der Waals surface area contributed by atoms with E-state index in [-0.39, 0.29) is 29.9 Å². The zero-order valence-electron chi connectivity index (χ0n) is 13.4. The fourth-order valence-electron chi connectivity index (χ4n) is 2.32. The van der Waals surface area contributed by atoms with Crippen LogP contribution in [-0.4, -0.2) is 59.3 Å². The standard InChI is InChI=1S/C14H24N6O.HI/c1-4-6-16-14(15-5-2)19-7-8-20(13(21)11-19)12-9-17-18(3)10-12;/h9-10H,4-8,11H2,1-3H3,(H,15,16);1H. The van der Waals surface area contributed by atoms with Gasteiger partial charge in [-0.15, -0.1) is 24.0 Å². The van der Waals surface area contributed by atoms with E-state index in [1.54, 1.807) is 15.8 Å². The normalized spacial score (nSPS) is 15.8. The van der Waals surface area contributed by atoms with Gasteiger partial charge in [-0.3, -0.25) is 14.5 Å². The predicted molar refractivity (Wildman–Crippen MR) is 98.8 cm³/mol. The lowest BCUT2D eigenvalue weighted by atomic mass is 10.3. The van der Waals surface area contributed by atoms with Crippen LogP contribution in [0.4, 0.5) is 5.69 Å². The lowest BCUT2D eigenvalue weighted by molar-refractivity contribution is -0.120. The van der Waals surface area contributed by atoms with Crippen molar-refractivity contribution in [3.8, 4) is 0 Å². The monoisotopic (exact) mass is 420 g/mol. The van der Waals surface area contributed by atoms with Gasteiger partial charge in [0.25, 0.3) is 0 Å². The Labute approximate surface area is 148 Å². The highest BCUT2D eigenvalue weighted by molar-refractivity contribution is 14.0. The van der Waals surface area contributed by atoms with Crippen molar-refractivity contribution in [2.24, 2.45) is 12.0 Å². The molecule has 1 aliphatic heterocycles. The maximum atomic E-state index is 12.4. The molecule has 1 N–H and O–H groups in total. The predicted octanol–water partition coefficient (Wildman–Crippen LogP) is 1.06. The third-order valence-corrected chi connectivity index (χ3v) is 3.34. The zero-order chi connectivity index (χ0) is 15.2. The summed E-state index contributed by atoms with van der Waals surface area (Å²) >= 11 is 0. The number of aromatic nitrogens is 2. The third kappa shape index (κ3) is 4.59. The molecule has 22 heavy (non-hydrogen) atoms. The van der Waals surface area contributed by atoms with E-state index in [1.165, 1.54) is 0 Å². The van der Waals surface area contributed by atoms with Crippen molar-refractivity contribution in [2.45, 2.75) is 20.3 Å². The number of aryl methyl sites for hydroxylation is 1. The first-order chi connectivity index (χ1) is 10.2. The minimum Gasteiger partial charge on any atom is -0.357 e. The Hall–Kier alpha value is -1.32. The van der Waals surface area contributed by atoms with Crippen LogP contribution in [0.25, 0.3) is 0 Å². The Morgan fingerprint density at radius 1 is 1.41 bits per heavy atom. The molecule has 1 aromatic heterocycles. The van der Waals surface area contributed by atoms with E-state index >= 15 is 0 Å². The number of aliphatic imine (C=N–C) groups is 1. The van der Waals surface area contributed by atoms with Crippen molar-refractivity contribution in [1.29, 1.82) is 0 Å². The maximum Gasteiger partial charge on any atom is 0.246 e. The Morgan fingerprint density at radius 3 is 2.73 bits per heavy atom. The Morgan fingerprint density at radius 2 is 2.18 bits per heavy atom. The van der Waals surface area contributed by atoms with Crippen LogP contribution in [-0.2, 0) is 11.8 Å². The van der Waals surface area contributed by atoms with Gasteiger partial charge in [-0.05, 0) is 13.3 Å². The van der Waals surface area contributed by atoms with Crippen molar-refractivity contribution < 1.29 is 4.79 Å². The molecule has 1 fully saturated rings. The minimum absolute atomic E-state index is 0. The summed E-state index contributed by atoms with van der Waals surface area (Å²) in [5.41, 5.74) is 0.859. The second-order valence-electron chi connectivity index (χ2n) is 5.07. The molecule has 1 aromatic rings. The fourth-order valence-corrected chi connectivity index (χ4v) is 2.32. The van der Waals surface area contributed by atoms with Crippen LogP contribution in [0.2, 0.25) is 0 Å². The van der Waals surface area contributed by atoms with Crippen molar-refractivity contribution in [2.75, 3.05) is 37.6 Å². The summed E-state index contributed by atoms with van der Waals surface area (Å²) in [4.78, 5) is 20.7. The number of anilines is 1. The number of halogens is 1. The van der Waals surface area contributed by atoms with Crippen molar-refractivity contribution in [3.05, 3.63) is 12.4 Å². The molecular formula is C14H25IN6O. The molecule has 0 saturated carbocycles. The van der Waals surface area contributed by atoms with E-state index in [0.29, 0.717) is 13.1 Å². The summed E-state index contributed by atoms with van der Waals surface area (Å²) < 4.78 is 1.71. The van der Waals surface area contributed by atoms with E-state index in [0.717, 1.165) is 37.7 Å². The number of hydrogen-bond donors (Lipinski definition) is 1. The molecule has 0 bridgehead atoms. The van der Waals surface area contributed by atoms with E-state index in [2.05, 4.69) is 22.3 Å². The van der Waals surface area contributed by atoms with E-state index in [1.807, 2.05) is 25.1 Å². The number of piperazine rings is 1. The van der Waals surface area contributed by atoms with E-state index in [9.17, 15) is 4.79 Å². The molecule has 0 aliphatic carbocycles. The lowest BCUT2D eigenvalue weighted by Crippen LogP contribution is -2.55. The minimum atomic E-state index is 0. The number of nitrogens with one attached hydrogen (secondary N) is 1. The zero-order valence-corrected chi connectivity index (χ0v) is 15.8. The van der Waals surface area contributed by atoms with Gasteiger partial charge in [0.15, 0.2) is 5.96 Å². The number of amides is 1. The van der Waals surface area contributed by atoms with E-state index in [4.69, 9.17) is 0 Å². The largest absolute Gasteiger partial charge is 0.357 e. The Bertz CT molecular complexity index is 515. The molecule has 0 aromatic carbocycles. The second-order valence-corrected chi connectivity index (χ2v) is 5.07. The van der Waals surface area contributed by atoms with Gasteiger partial charge >= 0.3 is 0 Å². The highest BCUT2D eigenvalue weighted by Crippen LogP contribution is 2.16. The second kappa shape index (κ2) is 8.96. The smallest absolute Gasteiger partial charge is 0.246 e. The van der Waals surface area contributed by atoms with Crippen LogP contribution in [0.5, 0.6) is 0 Å². The molecular weight excluding hydrogens is 395 g/mol. The quantitative estimate of drug-likeness (QED) is 0.450. The number of guanidine groups is 1. The van der Waals surface area contributed by atoms with Crippen molar-refractivity contribution >= 4 is 41.5 Å². The number of carbonyl (C=O) groups is 1. The Kier molecular flexibility index (Phi) is 7.63. The summed E-state index contributed by atoms with van der Waals surface area (Å²) in [5.74, 6) is 0.912.